The molecule has 3 aromatic heterocycles. The lowest BCUT2D eigenvalue weighted by molar-refractivity contribution is 0.107. The minimum Gasteiger partial charge on any atom is -0.497 e. The summed E-state index contributed by atoms with van der Waals surface area (Å²) in [6, 6.07) is 32.1. The third kappa shape index (κ3) is 11.4. The van der Waals surface area contributed by atoms with Crippen LogP contribution >= 0.6 is 22.6 Å². The van der Waals surface area contributed by atoms with Crippen molar-refractivity contribution in [2.24, 2.45) is 0 Å². The molecule has 15 nitrogen and oxygen atoms in total. The number of methoxy groups -OCH3 is 4. The molecular formula is C62H63F3IN9O6. The Hall–Kier alpha value is -7.65. The van der Waals surface area contributed by atoms with Crippen molar-refractivity contribution in [1.82, 2.24) is 29.8 Å². The van der Waals surface area contributed by atoms with Gasteiger partial charge in [0, 0.05) is 55.1 Å². The van der Waals surface area contributed by atoms with Crippen LogP contribution in [0.2, 0.25) is 0 Å². The summed E-state index contributed by atoms with van der Waals surface area (Å²) in [6.07, 6.45) is 4.25. The standard InChI is InChI=1S/C62H63F3IN9O6/c1-38-30-49(72(32-40-8-16-45(76-3)17-9-40)33-41-10-18-46(77-4)19-11-41)52(64)50(54(38)66)56-53(65)57-51-58(71-61(70-57)81-37-62-24-7-27-74(62)36-44(63)31-62)75(28-29-80-60(51)69-56)39(2)55-59(68-26-25-67-55)73(34-42-12-20-47(78-5)21-13-42)35-43-14-22-48(79-6)23-15-43/h8-23,25-26,30,39,44H,7,24,27-29,31-37H2,1-6H3/t39-,44-,62+/m1/s1. The van der Waals surface area contributed by atoms with Crippen LogP contribution in [0.15, 0.2) is 116 Å². The van der Waals surface area contributed by atoms with Gasteiger partial charge in [-0.2, -0.15) is 9.97 Å². The first-order valence-electron chi connectivity index (χ1n) is 27.0. The van der Waals surface area contributed by atoms with E-state index in [2.05, 4.69) is 32.4 Å². The van der Waals surface area contributed by atoms with Gasteiger partial charge in [-0.1, -0.05) is 48.5 Å². The van der Waals surface area contributed by atoms with Crippen LogP contribution in [-0.2, 0) is 26.2 Å². The number of rotatable bonds is 20. The zero-order valence-corrected chi connectivity index (χ0v) is 48.3. The highest BCUT2D eigenvalue weighted by atomic mass is 127. The maximum absolute atomic E-state index is 18.4. The van der Waals surface area contributed by atoms with E-state index in [9.17, 15) is 0 Å². The largest absolute Gasteiger partial charge is 0.497 e. The molecule has 0 bridgehead atoms. The van der Waals surface area contributed by atoms with E-state index < -0.39 is 29.4 Å². The zero-order valence-electron chi connectivity index (χ0n) is 46.1. The minimum absolute atomic E-state index is 0.0286. The van der Waals surface area contributed by atoms with Crippen molar-refractivity contribution in [2.75, 3.05) is 76.0 Å². The van der Waals surface area contributed by atoms with Gasteiger partial charge >= 0.3 is 6.01 Å². The monoisotopic (exact) mass is 1210 g/mol. The van der Waals surface area contributed by atoms with Crippen molar-refractivity contribution >= 4 is 50.8 Å². The Kier molecular flexibility index (Phi) is 16.3. The van der Waals surface area contributed by atoms with E-state index in [0.29, 0.717) is 71.3 Å². The fourth-order valence-corrected chi connectivity index (χ4v) is 12.1. The Morgan fingerprint density at radius 1 is 0.716 bits per heavy atom. The predicted octanol–water partition coefficient (Wildman–Crippen LogP) is 12.0. The van der Waals surface area contributed by atoms with Gasteiger partial charge in [-0.15, -0.1) is 0 Å². The molecule has 5 aromatic carbocycles. The highest BCUT2D eigenvalue weighted by molar-refractivity contribution is 14.1. The number of alkyl halides is 1. The molecule has 0 spiro atoms. The van der Waals surface area contributed by atoms with Crippen molar-refractivity contribution < 1.29 is 41.6 Å². The summed E-state index contributed by atoms with van der Waals surface area (Å²) in [5.74, 6) is 2.21. The summed E-state index contributed by atoms with van der Waals surface area (Å²) in [7, 11) is 6.49. The van der Waals surface area contributed by atoms with Crippen molar-refractivity contribution in [3.8, 4) is 46.1 Å². The third-order valence-electron chi connectivity index (χ3n) is 15.7. The zero-order chi connectivity index (χ0) is 56.4. The summed E-state index contributed by atoms with van der Waals surface area (Å²) in [5, 5.41) is 0.181. The first kappa shape index (κ1) is 55.3. The van der Waals surface area contributed by atoms with Gasteiger partial charge in [0.25, 0.3) is 0 Å². The van der Waals surface area contributed by atoms with Crippen LogP contribution in [0.5, 0.6) is 34.9 Å². The molecule has 19 heteroatoms. The molecule has 81 heavy (non-hydrogen) atoms. The van der Waals surface area contributed by atoms with E-state index in [0.717, 1.165) is 53.1 Å². The van der Waals surface area contributed by atoms with E-state index in [1.807, 2.05) is 121 Å². The molecule has 2 saturated heterocycles. The van der Waals surface area contributed by atoms with Crippen LogP contribution in [-0.4, -0.2) is 103 Å². The Labute approximate surface area is 483 Å². The SMILES string of the molecule is COc1ccc(CN(Cc2ccc(OC)cc2)c2cc(C)c(I)c(-c3nc4c5c(nc(OC[C@@]67CCCN6C[C@H](F)C7)nc5c3F)N([C@H](C)c3nccnc3N(Cc3ccc(OC)cc3)Cc3ccc(OC)cc3)CCO4)c2F)cc1. The number of hydrogen-bond donors (Lipinski definition) is 0. The molecule has 420 valence electrons. The molecule has 2 fully saturated rings. The van der Waals surface area contributed by atoms with Gasteiger partial charge in [-0.25, -0.2) is 23.1 Å². The van der Waals surface area contributed by atoms with E-state index in [-0.39, 0.29) is 65.3 Å². The molecule has 0 N–H and O–H groups in total. The number of benzene rings is 5. The number of nitrogens with zero attached hydrogens (tertiary/aromatic N) is 9. The maximum Gasteiger partial charge on any atom is 0.319 e. The normalized spacial score (nSPS) is 17.1. The number of fused-ring (bicyclic) bond motifs is 1. The molecule has 0 radical (unpaired) electrons. The van der Waals surface area contributed by atoms with Gasteiger partial charge in [0.15, 0.2) is 17.5 Å². The maximum atomic E-state index is 18.4. The molecule has 0 saturated carbocycles. The fourth-order valence-electron chi connectivity index (χ4n) is 11.5. The average Bonchev–Trinajstić information content (AvgIpc) is 4.21. The Balaban J connectivity index is 1.04. The van der Waals surface area contributed by atoms with Gasteiger partial charge < -0.3 is 43.1 Å². The van der Waals surface area contributed by atoms with Gasteiger partial charge in [0.1, 0.15) is 70.5 Å². The van der Waals surface area contributed by atoms with Crippen LogP contribution in [0.3, 0.4) is 0 Å². The molecular weight excluding hydrogens is 1150 g/mol. The van der Waals surface area contributed by atoms with Crippen molar-refractivity contribution in [3.63, 3.8) is 0 Å². The Morgan fingerprint density at radius 3 is 1.81 bits per heavy atom. The van der Waals surface area contributed by atoms with E-state index in [1.54, 1.807) is 46.9 Å². The summed E-state index contributed by atoms with van der Waals surface area (Å²) in [4.78, 5) is 33.1. The first-order chi connectivity index (χ1) is 39.3. The second-order valence-corrected chi connectivity index (χ2v) is 21.9. The highest BCUT2D eigenvalue weighted by Crippen LogP contribution is 2.46. The number of hydrogen-bond acceptors (Lipinski definition) is 15. The van der Waals surface area contributed by atoms with Crippen LogP contribution in [0, 0.1) is 22.1 Å². The molecule has 6 heterocycles. The quantitative estimate of drug-likeness (QED) is 0.0670. The number of ether oxygens (including phenoxy) is 6. The molecule has 3 aliphatic rings. The van der Waals surface area contributed by atoms with E-state index in [4.69, 9.17) is 53.3 Å². The van der Waals surface area contributed by atoms with E-state index >= 15 is 13.2 Å². The minimum atomic E-state index is -1.01. The lowest BCUT2D eigenvalue weighted by Gasteiger charge is -2.33. The van der Waals surface area contributed by atoms with Crippen LogP contribution < -0.4 is 43.1 Å². The lowest BCUT2D eigenvalue weighted by Crippen LogP contribution is -2.43. The second-order valence-electron chi connectivity index (χ2n) is 20.8. The molecule has 3 atom stereocenters. The Morgan fingerprint density at radius 2 is 1.26 bits per heavy atom. The molecule has 0 unspecified atom stereocenters. The van der Waals surface area contributed by atoms with Crippen LogP contribution in [0.4, 0.5) is 30.5 Å². The number of aromatic nitrogens is 5. The third-order valence-corrected chi connectivity index (χ3v) is 17.1. The summed E-state index contributed by atoms with van der Waals surface area (Å²) >= 11 is 2.07. The second kappa shape index (κ2) is 23.8. The topological polar surface area (TPSA) is 133 Å². The van der Waals surface area contributed by atoms with Gasteiger partial charge in [-0.3, -0.25) is 9.88 Å². The lowest BCUT2D eigenvalue weighted by atomic mass is 9.95. The molecule has 11 rings (SSSR count). The Bertz CT molecular complexity index is 3430. The average molecular weight is 1210 g/mol. The predicted molar refractivity (Wildman–Crippen MR) is 314 cm³/mol. The van der Waals surface area contributed by atoms with Crippen LogP contribution in [0.1, 0.15) is 65.7 Å². The van der Waals surface area contributed by atoms with Crippen LogP contribution in [0.25, 0.3) is 22.2 Å². The summed E-state index contributed by atoms with van der Waals surface area (Å²) in [6.45, 7) is 6.86. The summed E-state index contributed by atoms with van der Waals surface area (Å²) < 4.78 is 87.2. The first-order valence-corrected chi connectivity index (χ1v) is 28.1. The van der Waals surface area contributed by atoms with Gasteiger partial charge in [-0.05, 0) is 138 Å². The summed E-state index contributed by atoms with van der Waals surface area (Å²) in [5.41, 5.74) is 4.31. The smallest absolute Gasteiger partial charge is 0.319 e. The van der Waals surface area contributed by atoms with E-state index in [1.165, 1.54) is 0 Å². The molecule has 0 aliphatic carbocycles. The number of aryl methyl sites for hydroxylation is 1. The van der Waals surface area contributed by atoms with Crippen molar-refractivity contribution in [1.29, 1.82) is 0 Å². The molecule has 0 amide bonds. The molecule has 3 aliphatic heterocycles. The highest BCUT2D eigenvalue weighted by Gasteiger charge is 2.49. The van der Waals surface area contributed by atoms with Gasteiger partial charge in [0.05, 0.1) is 57.8 Å². The molecule has 8 aromatic rings. The van der Waals surface area contributed by atoms with Crippen molar-refractivity contribution in [2.45, 2.75) is 77.0 Å². The number of halogens is 4. The van der Waals surface area contributed by atoms with Gasteiger partial charge in [0.2, 0.25) is 5.88 Å². The fraction of sp³-hybridized carbons (Fsp3) is 0.339. The number of pyridine rings is 1. The van der Waals surface area contributed by atoms with Crippen molar-refractivity contribution in [3.05, 3.63) is 164 Å². The number of anilines is 3.